The van der Waals surface area contributed by atoms with Crippen LogP contribution in [0.25, 0.3) is 0 Å². The minimum atomic E-state index is -0.114. The highest BCUT2D eigenvalue weighted by atomic mass is 16.7. The lowest BCUT2D eigenvalue weighted by Crippen LogP contribution is -2.28. The van der Waals surface area contributed by atoms with E-state index in [0.29, 0.717) is 18.8 Å². The fourth-order valence-electron chi connectivity index (χ4n) is 3.63. The molecule has 1 atom stereocenters. The van der Waals surface area contributed by atoms with E-state index in [4.69, 9.17) is 14.2 Å². The maximum Gasteiger partial charge on any atom is 0.274 e. The summed E-state index contributed by atoms with van der Waals surface area (Å²) in [5, 5.41) is 4.53. The number of carbonyl (C=O) groups excluding carboxylic acids is 1. The van der Waals surface area contributed by atoms with Crippen LogP contribution < -0.4 is 9.47 Å². The molecule has 0 unspecified atom stereocenters. The number of likely N-dealkylation sites (tertiary alicyclic amines) is 1. The molecule has 0 bridgehead atoms. The Morgan fingerprint density at radius 2 is 1.96 bits per heavy atom. The number of carbonyl (C=O) groups is 1. The number of ether oxygens (including phenoxy) is 3. The van der Waals surface area contributed by atoms with Gasteiger partial charge in [-0.15, -0.1) is 0 Å². The number of amides is 1. The van der Waals surface area contributed by atoms with Crippen LogP contribution in [0.4, 0.5) is 0 Å². The molecule has 0 aliphatic carbocycles. The molecule has 0 N–H and O–H groups in total. The normalized spacial score (nSPS) is 21.4. The van der Waals surface area contributed by atoms with Crippen LogP contribution in [0.3, 0.4) is 0 Å². The van der Waals surface area contributed by atoms with Crippen LogP contribution in [0.15, 0.2) is 24.3 Å². The van der Waals surface area contributed by atoms with E-state index >= 15 is 0 Å². The number of fused-ring (bicyclic) bond motifs is 2. The summed E-state index contributed by atoms with van der Waals surface area (Å²) in [7, 11) is 0. The molecule has 5 rings (SSSR count). The quantitative estimate of drug-likeness (QED) is 0.837. The monoisotopic (exact) mass is 341 g/mol. The molecule has 0 radical (unpaired) electrons. The van der Waals surface area contributed by atoms with Gasteiger partial charge in [-0.25, -0.2) is 0 Å². The molecule has 3 aliphatic rings. The second-order valence-corrected chi connectivity index (χ2v) is 6.61. The summed E-state index contributed by atoms with van der Waals surface area (Å²) in [5.74, 6) is 1.54. The smallest absolute Gasteiger partial charge is 0.274 e. The minimum absolute atomic E-state index is 0.0269. The predicted octanol–water partition coefficient (Wildman–Crippen LogP) is 2.12. The van der Waals surface area contributed by atoms with E-state index in [9.17, 15) is 4.79 Å². The fourth-order valence-corrected chi connectivity index (χ4v) is 3.63. The largest absolute Gasteiger partial charge is 0.454 e. The molecule has 1 amide bonds. The first-order valence-corrected chi connectivity index (χ1v) is 8.65. The van der Waals surface area contributed by atoms with Crippen molar-refractivity contribution < 1.29 is 19.0 Å². The SMILES string of the molecule is O=C(c1cc2n(n1)C[C@H](c1ccc3c(c1)OCO3)OC2)N1CCCC1. The fraction of sp³-hybridized carbons (Fsp3) is 0.444. The van der Waals surface area contributed by atoms with Crippen molar-refractivity contribution in [1.29, 1.82) is 0 Å². The highest BCUT2D eigenvalue weighted by Crippen LogP contribution is 2.36. The van der Waals surface area contributed by atoms with Gasteiger partial charge in [-0.2, -0.15) is 5.10 Å². The Morgan fingerprint density at radius 1 is 1.12 bits per heavy atom. The van der Waals surface area contributed by atoms with Gasteiger partial charge in [0.1, 0.15) is 6.10 Å². The number of benzene rings is 1. The zero-order chi connectivity index (χ0) is 16.8. The number of hydrogen-bond donors (Lipinski definition) is 0. The predicted molar refractivity (Wildman–Crippen MR) is 87.5 cm³/mol. The number of aromatic nitrogens is 2. The Hall–Kier alpha value is -2.54. The third-order valence-corrected chi connectivity index (χ3v) is 5.02. The van der Waals surface area contributed by atoms with E-state index in [-0.39, 0.29) is 18.8 Å². The van der Waals surface area contributed by atoms with Crippen molar-refractivity contribution in [2.75, 3.05) is 19.9 Å². The summed E-state index contributed by atoms with van der Waals surface area (Å²) < 4.78 is 18.7. The molecular weight excluding hydrogens is 322 g/mol. The van der Waals surface area contributed by atoms with Crippen molar-refractivity contribution in [3.8, 4) is 11.5 Å². The molecule has 4 heterocycles. The second kappa shape index (κ2) is 5.77. The van der Waals surface area contributed by atoms with Gasteiger partial charge in [0.05, 0.1) is 18.8 Å². The molecular formula is C18H19N3O4. The van der Waals surface area contributed by atoms with Crippen molar-refractivity contribution in [2.24, 2.45) is 0 Å². The molecule has 2 aromatic rings. The lowest BCUT2D eigenvalue weighted by atomic mass is 10.1. The molecule has 130 valence electrons. The van der Waals surface area contributed by atoms with E-state index in [0.717, 1.165) is 48.7 Å². The minimum Gasteiger partial charge on any atom is -0.454 e. The van der Waals surface area contributed by atoms with Crippen LogP contribution >= 0.6 is 0 Å². The van der Waals surface area contributed by atoms with E-state index in [1.807, 2.05) is 33.8 Å². The number of rotatable bonds is 2. The van der Waals surface area contributed by atoms with Gasteiger partial charge in [0.15, 0.2) is 17.2 Å². The zero-order valence-electron chi connectivity index (χ0n) is 13.8. The first-order chi connectivity index (χ1) is 12.3. The van der Waals surface area contributed by atoms with Crippen LogP contribution in [0.5, 0.6) is 11.5 Å². The third-order valence-electron chi connectivity index (χ3n) is 5.02. The van der Waals surface area contributed by atoms with Crippen molar-refractivity contribution >= 4 is 5.91 Å². The Morgan fingerprint density at radius 3 is 2.84 bits per heavy atom. The lowest BCUT2D eigenvalue weighted by molar-refractivity contribution is -0.00130. The molecule has 1 fully saturated rings. The third kappa shape index (κ3) is 2.55. The molecule has 25 heavy (non-hydrogen) atoms. The topological polar surface area (TPSA) is 65.8 Å². The summed E-state index contributed by atoms with van der Waals surface area (Å²) >= 11 is 0. The van der Waals surface area contributed by atoms with Gasteiger partial charge in [0, 0.05) is 13.1 Å². The summed E-state index contributed by atoms with van der Waals surface area (Å²) in [6.07, 6.45) is 2.04. The van der Waals surface area contributed by atoms with Gasteiger partial charge in [-0.05, 0) is 36.6 Å². The van der Waals surface area contributed by atoms with Crippen LogP contribution in [0.2, 0.25) is 0 Å². The lowest BCUT2D eigenvalue weighted by Gasteiger charge is -2.24. The van der Waals surface area contributed by atoms with Gasteiger partial charge in [-0.1, -0.05) is 6.07 Å². The highest BCUT2D eigenvalue weighted by molar-refractivity contribution is 5.92. The molecule has 0 spiro atoms. The van der Waals surface area contributed by atoms with E-state index in [1.165, 1.54) is 0 Å². The zero-order valence-corrected chi connectivity index (χ0v) is 13.8. The van der Waals surface area contributed by atoms with Crippen molar-refractivity contribution in [3.63, 3.8) is 0 Å². The molecule has 7 heteroatoms. The van der Waals surface area contributed by atoms with E-state index < -0.39 is 0 Å². The van der Waals surface area contributed by atoms with Crippen molar-refractivity contribution in [2.45, 2.75) is 32.1 Å². The molecule has 1 aromatic heterocycles. The summed E-state index contributed by atoms with van der Waals surface area (Å²) in [5.41, 5.74) is 2.49. The maximum atomic E-state index is 12.5. The Kier molecular flexibility index (Phi) is 3.41. The second-order valence-electron chi connectivity index (χ2n) is 6.61. The van der Waals surface area contributed by atoms with Crippen LogP contribution in [-0.2, 0) is 17.9 Å². The van der Waals surface area contributed by atoms with Gasteiger partial charge < -0.3 is 19.1 Å². The number of hydrogen-bond acceptors (Lipinski definition) is 5. The Labute approximate surface area is 145 Å². The van der Waals surface area contributed by atoms with Crippen molar-refractivity contribution in [3.05, 3.63) is 41.2 Å². The Balaban J connectivity index is 1.36. The summed E-state index contributed by atoms with van der Waals surface area (Å²) in [6.45, 7) is 2.95. The van der Waals surface area contributed by atoms with Gasteiger partial charge in [-0.3, -0.25) is 9.48 Å². The summed E-state index contributed by atoms with van der Waals surface area (Å²) in [6, 6.07) is 7.71. The van der Waals surface area contributed by atoms with Gasteiger partial charge >= 0.3 is 0 Å². The van der Waals surface area contributed by atoms with Crippen LogP contribution in [-0.4, -0.2) is 40.5 Å². The van der Waals surface area contributed by atoms with E-state index in [1.54, 1.807) is 0 Å². The Bertz CT molecular complexity index is 826. The van der Waals surface area contributed by atoms with Crippen molar-refractivity contribution in [1.82, 2.24) is 14.7 Å². The molecule has 0 saturated carbocycles. The molecule has 1 saturated heterocycles. The maximum absolute atomic E-state index is 12.5. The van der Waals surface area contributed by atoms with Gasteiger partial charge in [0.2, 0.25) is 6.79 Å². The molecule has 3 aliphatic heterocycles. The molecule has 7 nitrogen and oxygen atoms in total. The first-order valence-electron chi connectivity index (χ1n) is 8.65. The molecule has 1 aromatic carbocycles. The average molecular weight is 341 g/mol. The van der Waals surface area contributed by atoms with Gasteiger partial charge in [0.25, 0.3) is 5.91 Å². The van der Waals surface area contributed by atoms with Crippen LogP contribution in [0.1, 0.15) is 40.7 Å². The average Bonchev–Trinajstić information content (AvgIpc) is 3.39. The standard InChI is InChI=1S/C18H19N3O4/c22-18(20-5-1-2-6-20)14-8-13-10-23-17(9-21(13)19-14)12-3-4-15-16(7-12)25-11-24-15/h3-4,7-8,17H,1-2,5-6,9-11H2/t17-/m1/s1. The first kappa shape index (κ1) is 14.8. The highest BCUT2D eigenvalue weighted by Gasteiger charge is 2.28. The summed E-state index contributed by atoms with van der Waals surface area (Å²) in [4.78, 5) is 14.4. The van der Waals surface area contributed by atoms with Crippen LogP contribution in [0, 0.1) is 0 Å². The van der Waals surface area contributed by atoms with E-state index in [2.05, 4.69) is 5.10 Å². The number of nitrogens with zero attached hydrogens (tertiary/aromatic N) is 3.